The second-order valence-corrected chi connectivity index (χ2v) is 7.95. The van der Waals surface area contributed by atoms with Gasteiger partial charge in [0, 0.05) is 17.1 Å². The lowest BCUT2D eigenvalue weighted by molar-refractivity contribution is -0.00959. The Morgan fingerprint density at radius 3 is 2.88 bits per heavy atom. The third-order valence-electron chi connectivity index (χ3n) is 5.17. The van der Waals surface area contributed by atoms with Gasteiger partial charge in [-0.2, -0.15) is 0 Å². The highest BCUT2D eigenvalue weighted by molar-refractivity contribution is 7.13. The molecule has 1 saturated heterocycles. The minimum absolute atomic E-state index is 0.0234. The number of aromatic hydroxyl groups is 2. The van der Waals surface area contributed by atoms with E-state index in [4.69, 9.17) is 16.3 Å². The zero-order chi connectivity index (χ0) is 17.3. The molecule has 0 amide bonds. The predicted octanol–water partition coefficient (Wildman–Crippen LogP) is 4.75. The number of rotatable bonds is 2. The maximum absolute atomic E-state index is 10.8. The first-order chi connectivity index (χ1) is 12.0. The summed E-state index contributed by atoms with van der Waals surface area (Å²) in [7, 11) is 0. The second-order valence-electron chi connectivity index (χ2n) is 6.65. The number of ether oxygens (including phenoxy) is 1. The molecule has 2 bridgehead atoms. The van der Waals surface area contributed by atoms with E-state index < -0.39 is 5.60 Å². The molecule has 0 radical (unpaired) electrons. The van der Waals surface area contributed by atoms with Crippen molar-refractivity contribution in [2.75, 3.05) is 0 Å². The van der Waals surface area contributed by atoms with Crippen molar-refractivity contribution in [3.63, 3.8) is 0 Å². The van der Waals surface area contributed by atoms with Gasteiger partial charge in [-0.3, -0.25) is 4.57 Å². The van der Waals surface area contributed by atoms with Crippen LogP contribution in [0.1, 0.15) is 37.0 Å². The third-order valence-corrected chi connectivity index (χ3v) is 6.29. The number of nitrogens with zero attached hydrogens (tertiary/aromatic N) is 2. The van der Waals surface area contributed by atoms with Crippen LogP contribution in [0.4, 0.5) is 0 Å². The summed E-state index contributed by atoms with van der Waals surface area (Å²) < 4.78 is 7.39. The Bertz CT molecular complexity index is 998. The largest absolute Gasteiger partial charge is 0.494 e. The molecule has 5 rings (SSSR count). The summed E-state index contributed by atoms with van der Waals surface area (Å²) in [5, 5.41) is 24.8. The van der Waals surface area contributed by atoms with Crippen LogP contribution in [-0.2, 0) is 10.3 Å². The quantitative estimate of drug-likeness (QED) is 0.679. The summed E-state index contributed by atoms with van der Waals surface area (Å²) in [6.45, 7) is 1.96. The lowest BCUT2D eigenvalue weighted by Crippen LogP contribution is -2.16. The van der Waals surface area contributed by atoms with Crippen molar-refractivity contribution in [1.29, 1.82) is 0 Å². The minimum Gasteiger partial charge on any atom is -0.494 e. The highest BCUT2D eigenvalue weighted by Crippen LogP contribution is 2.61. The number of thiazole rings is 1. The molecule has 128 valence electrons. The molecule has 2 aliphatic heterocycles. The van der Waals surface area contributed by atoms with E-state index in [9.17, 15) is 10.2 Å². The van der Waals surface area contributed by atoms with E-state index in [2.05, 4.69) is 4.98 Å². The summed E-state index contributed by atoms with van der Waals surface area (Å²) in [6.07, 6.45) is 3.27. The van der Waals surface area contributed by atoms with Gasteiger partial charge in [0.1, 0.15) is 5.01 Å². The van der Waals surface area contributed by atoms with E-state index in [1.54, 1.807) is 12.3 Å². The van der Waals surface area contributed by atoms with Gasteiger partial charge in [0.15, 0.2) is 0 Å². The smallest absolute Gasteiger partial charge is 0.205 e. The topological polar surface area (TPSA) is 67.5 Å². The summed E-state index contributed by atoms with van der Waals surface area (Å²) >= 11 is 7.94. The average Bonchev–Trinajstić information content (AvgIpc) is 3.31. The van der Waals surface area contributed by atoms with Crippen LogP contribution in [0.25, 0.3) is 16.3 Å². The molecule has 0 spiro atoms. The molecule has 4 heterocycles. The zero-order valence-electron chi connectivity index (χ0n) is 13.4. The first kappa shape index (κ1) is 15.3. The lowest BCUT2D eigenvalue weighted by Gasteiger charge is -2.19. The number of hydrogen-bond donors (Lipinski definition) is 2. The highest BCUT2D eigenvalue weighted by Gasteiger charge is 2.53. The Balaban J connectivity index is 1.66. The molecule has 1 aromatic carbocycles. The van der Waals surface area contributed by atoms with Crippen molar-refractivity contribution < 1.29 is 14.9 Å². The molecule has 2 aromatic heterocycles. The van der Waals surface area contributed by atoms with Crippen LogP contribution in [0.2, 0.25) is 5.02 Å². The molecule has 2 N–H and O–H groups in total. The number of halogens is 1. The average molecular weight is 375 g/mol. The number of hydrogen-bond acceptors (Lipinski definition) is 5. The summed E-state index contributed by atoms with van der Waals surface area (Å²) in [5.41, 5.74) is 2.30. The van der Waals surface area contributed by atoms with Crippen molar-refractivity contribution in [2.45, 2.75) is 31.5 Å². The van der Waals surface area contributed by atoms with E-state index in [0.717, 1.165) is 23.4 Å². The molecule has 0 unspecified atom stereocenters. The fourth-order valence-corrected chi connectivity index (χ4v) is 5.03. The Morgan fingerprint density at radius 2 is 2.20 bits per heavy atom. The molecule has 25 heavy (non-hydrogen) atoms. The fraction of sp³-hybridized carbons (Fsp3) is 0.278. The highest BCUT2D eigenvalue weighted by atomic mass is 35.5. The van der Waals surface area contributed by atoms with Gasteiger partial charge in [-0.15, -0.1) is 11.3 Å². The van der Waals surface area contributed by atoms with Crippen LogP contribution in [-0.4, -0.2) is 19.8 Å². The normalized spacial score (nSPS) is 24.0. The fourth-order valence-electron chi connectivity index (χ4n) is 4.03. The first-order valence-corrected chi connectivity index (χ1v) is 9.30. The second kappa shape index (κ2) is 5.00. The Hall–Kier alpha value is -2.02. The van der Waals surface area contributed by atoms with Gasteiger partial charge >= 0.3 is 0 Å². The van der Waals surface area contributed by atoms with E-state index in [1.165, 1.54) is 15.9 Å². The van der Waals surface area contributed by atoms with Crippen LogP contribution >= 0.6 is 22.9 Å². The Kier molecular flexibility index (Phi) is 3.05. The molecule has 1 fully saturated rings. The SMILES string of the molecule is C[C@]12CC[C@H](O1)c1c2c(O)n(-c2ccc(-c3nccs3)c(Cl)c2)c1O. The standard InChI is InChI=1S/C18H15ClN2O3S/c1-18-5-4-12(24-18)13-14(18)17(23)21(16(13)22)9-2-3-10(11(19)8-9)15-20-6-7-25-15/h2-3,6-8,12,22-23H,4-5H2,1H3/t12-,18+/m0/s1. The first-order valence-electron chi connectivity index (χ1n) is 8.04. The van der Waals surface area contributed by atoms with Gasteiger partial charge in [-0.1, -0.05) is 11.6 Å². The third kappa shape index (κ3) is 1.96. The van der Waals surface area contributed by atoms with Gasteiger partial charge in [-0.05, 0) is 38.0 Å². The number of benzene rings is 1. The van der Waals surface area contributed by atoms with Gasteiger partial charge < -0.3 is 14.9 Å². The molecular weight excluding hydrogens is 360 g/mol. The van der Waals surface area contributed by atoms with Crippen LogP contribution < -0.4 is 0 Å². The van der Waals surface area contributed by atoms with Crippen LogP contribution in [0.15, 0.2) is 29.8 Å². The van der Waals surface area contributed by atoms with E-state index in [0.29, 0.717) is 21.8 Å². The van der Waals surface area contributed by atoms with Gasteiger partial charge in [0.05, 0.1) is 33.5 Å². The summed E-state index contributed by atoms with van der Waals surface area (Å²) in [5.74, 6) is 0.0502. The molecule has 0 aliphatic carbocycles. The van der Waals surface area contributed by atoms with Crippen molar-refractivity contribution in [3.8, 4) is 28.0 Å². The van der Waals surface area contributed by atoms with Gasteiger partial charge in [-0.25, -0.2) is 4.98 Å². The molecule has 7 heteroatoms. The minimum atomic E-state index is -0.530. The van der Waals surface area contributed by atoms with Crippen molar-refractivity contribution in [1.82, 2.24) is 9.55 Å². The Labute approximate surface area is 153 Å². The van der Waals surface area contributed by atoms with Gasteiger partial charge in [0.25, 0.3) is 0 Å². The zero-order valence-corrected chi connectivity index (χ0v) is 14.9. The molecule has 3 aromatic rings. The Morgan fingerprint density at radius 1 is 1.36 bits per heavy atom. The van der Waals surface area contributed by atoms with E-state index in [1.807, 2.05) is 24.4 Å². The summed E-state index contributed by atoms with van der Waals surface area (Å²) in [4.78, 5) is 4.27. The van der Waals surface area contributed by atoms with Gasteiger partial charge in [0.2, 0.25) is 11.8 Å². The number of fused-ring (bicyclic) bond motifs is 5. The van der Waals surface area contributed by atoms with E-state index in [-0.39, 0.29) is 17.9 Å². The molecule has 0 saturated carbocycles. The van der Waals surface area contributed by atoms with Crippen molar-refractivity contribution >= 4 is 22.9 Å². The monoisotopic (exact) mass is 374 g/mol. The summed E-state index contributed by atoms with van der Waals surface area (Å²) in [6, 6.07) is 5.41. The van der Waals surface area contributed by atoms with Crippen molar-refractivity contribution in [3.05, 3.63) is 45.9 Å². The maximum atomic E-state index is 10.8. The molecule has 5 nitrogen and oxygen atoms in total. The molecule has 2 atom stereocenters. The number of aromatic nitrogens is 2. The van der Waals surface area contributed by atoms with Crippen molar-refractivity contribution in [2.24, 2.45) is 0 Å². The lowest BCUT2D eigenvalue weighted by atomic mass is 9.86. The van der Waals surface area contributed by atoms with Crippen LogP contribution in [0.5, 0.6) is 11.8 Å². The van der Waals surface area contributed by atoms with E-state index >= 15 is 0 Å². The van der Waals surface area contributed by atoms with Crippen LogP contribution in [0.3, 0.4) is 0 Å². The molecule has 2 aliphatic rings. The maximum Gasteiger partial charge on any atom is 0.205 e. The predicted molar refractivity (Wildman–Crippen MR) is 95.6 cm³/mol. The molecular formula is C18H15ClN2O3S. The van der Waals surface area contributed by atoms with Crippen LogP contribution in [0, 0.1) is 0 Å².